The second kappa shape index (κ2) is 9.32. The Morgan fingerprint density at radius 2 is 1.71 bits per heavy atom. The largest absolute Gasteiger partial charge is 0.463 e. The number of rotatable bonds is 8. The first-order valence-electron chi connectivity index (χ1n) is 8.54. The van der Waals surface area contributed by atoms with Crippen LogP contribution in [0.4, 0.5) is 10.1 Å². The van der Waals surface area contributed by atoms with E-state index < -0.39 is 27.7 Å². The molecule has 2 aromatic rings. The van der Waals surface area contributed by atoms with Crippen LogP contribution in [-0.2, 0) is 19.6 Å². The van der Waals surface area contributed by atoms with Crippen LogP contribution in [-0.4, -0.2) is 32.9 Å². The van der Waals surface area contributed by atoms with Crippen LogP contribution >= 0.6 is 0 Å². The highest BCUT2D eigenvalue weighted by Gasteiger charge is 2.19. The highest BCUT2D eigenvalue weighted by atomic mass is 32.2. The summed E-state index contributed by atoms with van der Waals surface area (Å²) in [6, 6.07) is 10.3. The van der Waals surface area contributed by atoms with E-state index >= 15 is 0 Å². The molecule has 0 aliphatic carbocycles. The van der Waals surface area contributed by atoms with Crippen LogP contribution in [0.3, 0.4) is 0 Å². The van der Waals surface area contributed by atoms with Gasteiger partial charge in [-0.1, -0.05) is 12.1 Å². The minimum atomic E-state index is -4.00. The van der Waals surface area contributed by atoms with Crippen LogP contribution in [0.2, 0.25) is 0 Å². The highest BCUT2D eigenvalue weighted by Crippen LogP contribution is 2.20. The maximum absolute atomic E-state index is 13.0. The summed E-state index contributed by atoms with van der Waals surface area (Å²) in [6.45, 7) is 3.49. The van der Waals surface area contributed by atoms with Gasteiger partial charge in [0.1, 0.15) is 5.82 Å². The van der Waals surface area contributed by atoms with Gasteiger partial charge in [-0.25, -0.2) is 12.8 Å². The number of amides is 1. The van der Waals surface area contributed by atoms with Gasteiger partial charge in [0.05, 0.1) is 28.7 Å². The first-order chi connectivity index (χ1) is 13.2. The number of ether oxygens (including phenoxy) is 1. The molecule has 2 aromatic carbocycles. The fourth-order valence-corrected chi connectivity index (χ4v) is 3.36. The molecule has 0 unspecified atom stereocenters. The average molecular weight is 408 g/mol. The average Bonchev–Trinajstić information content (AvgIpc) is 2.61. The molecule has 9 heteroatoms. The topological polar surface area (TPSA) is 102 Å². The third kappa shape index (κ3) is 6.05. The Hall–Kier alpha value is -2.94. The van der Waals surface area contributed by atoms with Crippen LogP contribution in [0.1, 0.15) is 30.6 Å². The fourth-order valence-electron chi connectivity index (χ4n) is 2.28. The first-order valence-corrected chi connectivity index (χ1v) is 10.0. The molecule has 0 atom stereocenters. The van der Waals surface area contributed by atoms with Crippen molar-refractivity contribution < 1.29 is 27.1 Å². The lowest BCUT2D eigenvalue weighted by Crippen LogP contribution is -2.28. The predicted molar refractivity (Wildman–Crippen MR) is 102 cm³/mol. The molecular weight excluding hydrogens is 387 g/mol. The number of halogens is 1. The summed E-state index contributed by atoms with van der Waals surface area (Å²) < 4.78 is 45.3. The Morgan fingerprint density at radius 1 is 1.07 bits per heavy atom. The number of hydrogen-bond donors (Lipinski definition) is 2. The lowest BCUT2D eigenvalue weighted by Gasteiger charge is -2.13. The van der Waals surface area contributed by atoms with E-state index in [1.807, 2.05) is 0 Å². The summed E-state index contributed by atoms with van der Waals surface area (Å²) in [5.74, 6) is -1.55. The van der Waals surface area contributed by atoms with Gasteiger partial charge in [-0.15, -0.1) is 0 Å². The zero-order chi connectivity index (χ0) is 20.7. The predicted octanol–water partition coefficient (Wildman–Crippen LogP) is 2.70. The van der Waals surface area contributed by atoms with E-state index in [1.54, 1.807) is 26.0 Å². The third-order valence-electron chi connectivity index (χ3n) is 3.52. The van der Waals surface area contributed by atoms with E-state index in [0.717, 1.165) is 24.3 Å². The molecular formula is C19H21FN2O5S. The molecule has 0 heterocycles. The summed E-state index contributed by atoms with van der Waals surface area (Å²) in [6.07, 6.45) is -0.252. The van der Waals surface area contributed by atoms with Crippen molar-refractivity contribution in [2.24, 2.45) is 0 Å². The molecule has 0 aromatic heterocycles. The van der Waals surface area contributed by atoms with Gasteiger partial charge in [-0.2, -0.15) is 0 Å². The molecule has 0 fully saturated rings. The number of esters is 1. The Bertz CT molecular complexity index is 943. The molecule has 2 N–H and O–H groups in total. The van der Waals surface area contributed by atoms with Crippen molar-refractivity contribution in [2.75, 3.05) is 11.3 Å². The number of para-hydroxylation sites is 1. The van der Waals surface area contributed by atoms with Crippen LogP contribution < -0.4 is 10.0 Å². The van der Waals surface area contributed by atoms with Crippen molar-refractivity contribution in [3.63, 3.8) is 0 Å². The molecule has 2 rings (SSSR count). The molecule has 0 aliphatic rings. The number of sulfonamides is 1. The lowest BCUT2D eigenvalue weighted by molar-refractivity contribution is -0.147. The van der Waals surface area contributed by atoms with Crippen LogP contribution in [0.5, 0.6) is 0 Å². The smallest absolute Gasteiger partial charge is 0.307 e. The van der Waals surface area contributed by atoms with Crippen molar-refractivity contribution in [3.8, 4) is 0 Å². The summed E-state index contributed by atoms with van der Waals surface area (Å²) in [5, 5.41) is 2.55. The molecule has 28 heavy (non-hydrogen) atoms. The molecule has 7 nitrogen and oxygen atoms in total. The number of carbonyl (C=O) groups excluding carboxylic acids is 2. The fraction of sp³-hybridized carbons (Fsp3) is 0.263. The van der Waals surface area contributed by atoms with E-state index in [2.05, 4.69) is 10.0 Å². The van der Waals surface area contributed by atoms with Crippen molar-refractivity contribution in [1.29, 1.82) is 0 Å². The standard InChI is InChI=1S/C19H21FN2O5S/c1-13(2)27-18(23)11-12-21-19(24)16-5-3-4-6-17(16)22-28(25,26)15-9-7-14(20)8-10-15/h3-10,13,22H,11-12H2,1-2H3,(H,21,24). The molecule has 150 valence electrons. The van der Waals surface area contributed by atoms with E-state index in [1.165, 1.54) is 12.1 Å². The van der Waals surface area contributed by atoms with E-state index in [4.69, 9.17) is 4.74 Å². The molecule has 0 saturated carbocycles. The Balaban J connectivity index is 2.08. The monoisotopic (exact) mass is 408 g/mol. The normalized spacial score (nSPS) is 11.1. The number of nitrogens with one attached hydrogen (secondary N) is 2. The van der Waals surface area contributed by atoms with Crippen molar-refractivity contribution in [2.45, 2.75) is 31.3 Å². The molecule has 0 radical (unpaired) electrons. The number of anilines is 1. The van der Waals surface area contributed by atoms with E-state index in [0.29, 0.717) is 0 Å². The summed E-state index contributed by atoms with van der Waals surface area (Å²) in [5.41, 5.74) is 0.152. The van der Waals surface area contributed by atoms with Crippen LogP contribution in [0.15, 0.2) is 53.4 Å². The summed E-state index contributed by atoms with van der Waals surface area (Å²) in [4.78, 5) is 23.8. The molecule has 0 aliphatic heterocycles. The van der Waals surface area contributed by atoms with Crippen molar-refractivity contribution >= 4 is 27.6 Å². The van der Waals surface area contributed by atoms with Gasteiger partial charge < -0.3 is 10.1 Å². The first kappa shape index (κ1) is 21.4. The maximum Gasteiger partial charge on any atom is 0.307 e. The van der Waals surface area contributed by atoms with Gasteiger partial charge in [0.25, 0.3) is 15.9 Å². The molecule has 1 amide bonds. The van der Waals surface area contributed by atoms with Gasteiger partial charge >= 0.3 is 5.97 Å². The van der Waals surface area contributed by atoms with Crippen molar-refractivity contribution in [1.82, 2.24) is 5.32 Å². The highest BCUT2D eigenvalue weighted by molar-refractivity contribution is 7.92. The minimum absolute atomic E-state index is 0.00655. The van der Waals surface area contributed by atoms with Crippen molar-refractivity contribution in [3.05, 3.63) is 59.9 Å². The second-order valence-electron chi connectivity index (χ2n) is 6.15. The van der Waals surface area contributed by atoms with Gasteiger partial charge in [-0.05, 0) is 50.2 Å². The van der Waals surface area contributed by atoms with Crippen LogP contribution in [0, 0.1) is 5.82 Å². The Labute approximate surface area is 163 Å². The number of hydrogen-bond acceptors (Lipinski definition) is 5. The van der Waals surface area contributed by atoms with Gasteiger partial charge in [0.2, 0.25) is 0 Å². The van der Waals surface area contributed by atoms with E-state index in [9.17, 15) is 22.4 Å². The summed E-state index contributed by atoms with van der Waals surface area (Å²) >= 11 is 0. The number of carbonyl (C=O) groups is 2. The van der Waals surface area contributed by atoms with Crippen LogP contribution in [0.25, 0.3) is 0 Å². The second-order valence-corrected chi connectivity index (χ2v) is 7.83. The quantitative estimate of drug-likeness (QED) is 0.654. The molecule has 0 bridgehead atoms. The third-order valence-corrected chi connectivity index (χ3v) is 4.90. The zero-order valence-electron chi connectivity index (χ0n) is 15.4. The van der Waals surface area contributed by atoms with E-state index in [-0.39, 0.29) is 35.2 Å². The van der Waals surface area contributed by atoms with Gasteiger partial charge in [0.15, 0.2) is 0 Å². The SMILES string of the molecule is CC(C)OC(=O)CCNC(=O)c1ccccc1NS(=O)(=O)c1ccc(F)cc1. The molecule has 0 saturated heterocycles. The lowest BCUT2D eigenvalue weighted by atomic mass is 10.1. The maximum atomic E-state index is 13.0. The van der Waals surface area contributed by atoms with Gasteiger partial charge in [0, 0.05) is 6.54 Å². The zero-order valence-corrected chi connectivity index (χ0v) is 16.3. The Morgan fingerprint density at radius 3 is 2.36 bits per heavy atom. The number of benzene rings is 2. The van der Waals surface area contributed by atoms with Gasteiger partial charge in [-0.3, -0.25) is 14.3 Å². The minimum Gasteiger partial charge on any atom is -0.463 e. The molecule has 0 spiro atoms. The Kier molecular flexibility index (Phi) is 7.11. The summed E-state index contributed by atoms with van der Waals surface area (Å²) in [7, 11) is -4.00.